The summed E-state index contributed by atoms with van der Waals surface area (Å²) in [6.45, 7) is 6.03. The van der Waals surface area contributed by atoms with Gasteiger partial charge in [-0.2, -0.15) is 0 Å². The molecule has 2 amide bonds. The average Bonchev–Trinajstić information content (AvgIpc) is 3.13. The molecule has 1 fully saturated rings. The highest BCUT2D eigenvalue weighted by molar-refractivity contribution is 7.99. The Hall–Kier alpha value is -2.34. The molecule has 0 bridgehead atoms. The van der Waals surface area contributed by atoms with Crippen molar-refractivity contribution in [3.63, 3.8) is 0 Å². The smallest absolute Gasteiger partial charge is 0.255 e. The molecule has 1 saturated heterocycles. The van der Waals surface area contributed by atoms with Gasteiger partial charge in [-0.3, -0.25) is 9.59 Å². The standard InChI is InChI=1S/C22H25FN2O2S/c1-14(2)15(3)24-20(26)19-13-28-22(17-10-7-11-18(23)12-17)25(19)21(27)16-8-5-4-6-9-16/h4-12,14-15,19,22H,13H2,1-3H3,(H,24,26)/t15-,19+,22-/m1/s1. The highest BCUT2D eigenvalue weighted by Gasteiger charge is 2.43. The van der Waals surface area contributed by atoms with Crippen LogP contribution in [0.4, 0.5) is 4.39 Å². The van der Waals surface area contributed by atoms with E-state index in [4.69, 9.17) is 0 Å². The first-order chi connectivity index (χ1) is 13.4. The fraction of sp³-hybridized carbons (Fsp3) is 0.364. The Kier molecular flexibility index (Phi) is 6.39. The third-order valence-electron chi connectivity index (χ3n) is 5.06. The van der Waals surface area contributed by atoms with E-state index in [1.807, 2.05) is 26.8 Å². The summed E-state index contributed by atoms with van der Waals surface area (Å²) < 4.78 is 13.8. The van der Waals surface area contributed by atoms with Crippen molar-refractivity contribution in [2.45, 2.75) is 38.2 Å². The Morgan fingerprint density at radius 2 is 1.82 bits per heavy atom. The van der Waals surface area contributed by atoms with E-state index in [0.29, 0.717) is 16.9 Å². The summed E-state index contributed by atoms with van der Waals surface area (Å²) in [4.78, 5) is 27.8. The van der Waals surface area contributed by atoms with E-state index in [9.17, 15) is 14.0 Å². The molecule has 0 unspecified atom stereocenters. The van der Waals surface area contributed by atoms with Gasteiger partial charge in [0.15, 0.2) is 0 Å². The van der Waals surface area contributed by atoms with Gasteiger partial charge in [-0.1, -0.05) is 44.2 Å². The average molecular weight is 401 g/mol. The summed E-state index contributed by atoms with van der Waals surface area (Å²) in [7, 11) is 0. The van der Waals surface area contributed by atoms with Gasteiger partial charge in [-0.05, 0) is 42.7 Å². The van der Waals surface area contributed by atoms with Gasteiger partial charge in [0, 0.05) is 17.4 Å². The number of nitrogens with zero attached hydrogens (tertiary/aromatic N) is 1. The Bertz CT molecular complexity index is 843. The summed E-state index contributed by atoms with van der Waals surface area (Å²) in [6.07, 6.45) is 0. The van der Waals surface area contributed by atoms with Crippen molar-refractivity contribution >= 4 is 23.6 Å². The molecular weight excluding hydrogens is 375 g/mol. The maximum absolute atomic E-state index is 13.8. The minimum Gasteiger partial charge on any atom is -0.352 e. The van der Waals surface area contributed by atoms with Crippen molar-refractivity contribution < 1.29 is 14.0 Å². The van der Waals surface area contributed by atoms with E-state index in [2.05, 4.69) is 5.32 Å². The van der Waals surface area contributed by atoms with Crippen molar-refractivity contribution in [2.75, 3.05) is 5.75 Å². The number of halogens is 1. The third kappa shape index (κ3) is 4.38. The third-order valence-corrected chi connectivity index (χ3v) is 6.39. The second-order valence-electron chi connectivity index (χ2n) is 7.38. The van der Waals surface area contributed by atoms with E-state index < -0.39 is 11.4 Å². The number of hydrogen-bond donors (Lipinski definition) is 1. The second kappa shape index (κ2) is 8.78. The zero-order chi connectivity index (χ0) is 20.3. The van der Waals surface area contributed by atoms with Gasteiger partial charge in [0.1, 0.15) is 17.2 Å². The van der Waals surface area contributed by atoms with Gasteiger partial charge in [0.2, 0.25) is 5.91 Å². The molecule has 3 atom stereocenters. The molecule has 0 saturated carbocycles. The highest BCUT2D eigenvalue weighted by Crippen LogP contribution is 2.42. The van der Waals surface area contributed by atoms with E-state index in [1.165, 1.54) is 23.9 Å². The molecule has 1 heterocycles. The molecule has 0 spiro atoms. The minimum absolute atomic E-state index is 0.000558. The van der Waals surface area contributed by atoms with Crippen LogP contribution in [0, 0.1) is 11.7 Å². The Labute approximate surface area is 169 Å². The number of carbonyl (C=O) groups is 2. The number of carbonyl (C=O) groups excluding carboxylic acids is 2. The molecule has 6 heteroatoms. The number of nitrogens with one attached hydrogen (secondary N) is 1. The largest absolute Gasteiger partial charge is 0.352 e. The van der Waals surface area contributed by atoms with Crippen LogP contribution in [0.3, 0.4) is 0 Å². The fourth-order valence-corrected chi connectivity index (χ4v) is 4.51. The molecule has 2 aromatic rings. The SMILES string of the molecule is CC(C)[C@@H](C)NC(=O)[C@@H]1CS[C@H](c2cccc(F)c2)N1C(=O)c1ccccc1. The van der Waals surface area contributed by atoms with Crippen molar-refractivity contribution in [1.29, 1.82) is 0 Å². The number of thioether (sulfide) groups is 1. The van der Waals surface area contributed by atoms with Crippen molar-refractivity contribution in [2.24, 2.45) is 5.92 Å². The van der Waals surface area contributed by atoms with Crippen LogP contribution >= 0.6 is 11.8 Å². The molecule has 0 aromatic heterocycles. The minimum atomic E-state index is -0.604. The molecule has 148 valence electrons. The maximum atomic E-state index is 13.8. The van der Waals surface area contributed by atoms with Crippen LogP contribution in [-0.4, -0.2) is 34.6 Å². The van der Waals surface area contributed by atoms with E-state index in [-0.39, 0.29) is 29.6 Å². The predicted octanol–water partition coefficient (Wildman–Crippen LogP) is 4.24. The molecule has 28 heavy (non-hydrogen) atoms. The summed E-state index contributed by atoms with van der Waals surface area (Å²) >= 11 is 1.48. The predicted molar refractivity (Wildman–Crippen MR) is 110 cm³/mol. The lowest BCUT2D eigenvalue weighted by molar-refractivity contribution is -0.125. The Morgan fingerprint density at radius 1 is 1.11 bits per heavy atom. The van der Waals surface area contributed by atoms with Crippen LogP contribution < -0.4 is 5.32 Å². The van der Waals surface area contributed by atoms with Crippen LogP contribution in [0.2, 0.25) is 0 Å². The monoisotopic (exact) mass is 400 g/mol. The molecule has 3 rings (SSSR count). The summed E-state index contributed by atoms with van der Waals surface area (Å²) in [5, 5.41) is 2.61. The highest BCUT2D eigenvalue weighted by atomic mass is 32.2. The maximum Gasteiger partial charge on any atom is 0.255 e. The molecule has 0 aliphatic carbocycles. The first-order valence-corrected chi connectivity index (χ1v) is 10.5. The number of hydrogen-bond acceptors (Lipinski definition) is 3. The molecule has 4 nitrogen and oxygen atoms in total. The quantitative estimate of drug-likeness (QED) is 0.817. The summed E-state index contributed by atoms with van der Waals surface area (Å²) in [5.41, 5.74) is 1.20. The lowest BCUT2D eigenvalue weighted by atomic mass is 10.1. The van der Waals surface area contributed by atoms with E-state index >= 15 is 0 Å². The normalized spacial score (nSPS) is 20.2. The van der Waals surface area contributed by atoms with Crippen molar-refractivity contribution in [1.82, 2.24) is 10.2 Å². The lowest BCUT2D eigenvalue weighted by Gasteiger charge is -2.30. The Balaban J connectivity index is 1.93. The van der Waals surface area contributed by atoms with Crippen molar-refractivity contribution in [3.8, 4) is 0 Å². The van der Waals surface area contributed by atoms with Gasteiger partial charge in [0.25, 0.3) is 5.91 Å². The second-order valence-corrected chi connectivity index (χ2v) is 8.49. The van der Waals surface area contributed by atoms with Crippen LogP contribution in [0.15, 0.2) is 54.6 Å². The first-order valence-electron chi connectivity index (χ1n) is 9.43. The fourth-order valence-electron chi connectivity index (χ4n) is 3.09. The molecular formula is C22H25FN2O2S. The zero-order valence-electron chi connectivity index (χ0n) is 16.3. The van der Waals surface area contributed by atoms with E-state index in [0.717, 1.165) is 0 Å². The number of amides is 2. The van der Waals surface area contributed by atoms with Crippen LogP contribution in [-0.2, 0) is 4.79 Å². The number of rotatable bonds is 5. The van der Waals surface area contributed by atoms with Crippen LogP contribution in [0.5, 0.6) is 0 Å². The van der Waals surface area contributed by atoms with Gasteiger partial charge in [0.05, 0.1) is 0 Å². The summed E-state index contributed by atoms with van der Waals surface area (Å²) in [6, 6.07) is 14.5. The van der Waals surface area contributed by atoms with Gasteiger partial charge < -0.3 is 10.2 Å². The molecule has 0 radical (unpaired) electrons. The van der Waals surface area contributed by atoms with E-state index in [1.54, 1.807) is 41.3 Å². The molecule has 1 N–H and O–H groups in total. The van der Waals surface area contributed by atoms with Crippen molar-refractivity contribution in [3.05, 3.63) is 71.5 Å². The number of benzene rings is 2. The Morgan fingerprint density at radius 3 is 2.46 bits per heavy atom. The first kappa shape index (κ1) is 20.4. The summed E-state index contributed by atoms with van der Waals surface area (Å²) in [5.74, 6) is 0.00655. The van der Waals surface area contributed by atoms with Crippen LogP contribution in [0.25, 0.3) is 0 Å². The molecule has 1 aliphatic rings. The molecule has 2 aromatic carbocycles. The van der Waals surface area contributed by atoms with Gasteiger partial charge in [-0.15, -0.1) is 11.8 Å². The molecule has 1 aliphatic heterocycles. The topological polar surface area (TPSA) is 49.4 Å². The van der Waals surface area contributed by atoms with Gasteiger partial charge >= 0.3 is 0 Å². The zero-order valence-corrected chi connectivity index (χ0v) is 17.1. The van der Waals surface area contributed by atoms with Gasteiger partial charge in [-0.25, -0.2) is 4.39 Å². The lowest BCUT2D eigenvalue weighted by Crippen LogP contribution is -2.50. The van der Waals surface area contributed by atoms with Crippen LogP contribution in [0.1, 0.15) is 42.1 Å².